The Morgan fingerprint density at radius 1 is 1.09 bits per heavy atom. The summed E-state index contributed by atoms with van der Waals surface area (Å²) < 4.78 is 10.5. The van der Waals surface area contributed by atoms with Crippen LogP contribution >= 0.6 is 6.19 Å². The summed E-state index contributed by atoms with van der Waals surface area (Å²) in [5.74, 6) is 0. The van der Waals surface area contributed by atoms with Gasteiger partial charge in [-0.3, -0.25) is 0 Å². The van der Waals surface area contributed by atoms with Crippen molar-refractivity contribution in [3.8, 4) is 0 Å². The topological polar surface area (TPSA) is 41.5 Å². The van der Waals surface area contributed by atoms with Crippen LogP contribution in [0, 0.1) is 0 Å². The number of rotatable bonds is 0. The maximum atomic E-state index is 11.3. The molecule has 0 radical (unpaired) electrons. The summed E-state index contributed by atoms with van der Waals surface area (Å²) in [4.78, 5) is 11.3. The zero-order valence-electron chi connectivity index (χ0n) is 7.08. The van der Waals surface area contributed by atoms with Crippen LogP contribution < -0.4 is 4.89 Å². The van der Waals surface area contributed by atoms with Crippen LogP contribution in [0.2, 0.25) is 0 Å². The molecule has 0 aromatic rings. The molecule has 0 N–H and O–H groups in total. The molecule has 1 saturated heterocycles. The summed E-state index contributed by atoms with van der Waals surface area (Å²) >= 11 is 2.44. The Kier molecular flexibility index (Phi) is 2.17. The molecule has 0 saturated carbocycles. The second-order valence-corrected chi connectivity index (χ2v) is 7.72. The average molecular weight is 242 g/mol. The minimum absolute atomic E-state index is 0.492. The van der Waals surface area contributed by atoms with E-state index in [0.29, 0.717) is 0 Å². The van der Waals surface area contributed by atoms with E-state index in [1.54, 1.807) is 0 Å². The zero-order valence-corrected chi connectivity index (χ0v) is 9.69. The summed E-state index contributed by atoms with van der Waals surface area (Å²) in [6.45, 7) is 7.46. The van der Waals surface area contributed by atoms with Crippen LogP contribution in [0.15, 0.2) is 0 Å². The molecular formula is C6H12O3PSe-. The monoisotopic (exact) mass is 243 g/mol. The van der Waals surface area contributed by atoms with Gasteiger partial charge in [-0.05, 0) is 0 Å². The van der Waals surface area contributed by atoms with Crippen molar-refractivity contribution in [1.82, 2.24) is 0 Å². The van der Waals surface area contributed by atoms with Gasteiger partial charge < -0.3 is 0 Å². The molecule has 0 aromatic carbocycles. The van der Waals surface area contributed by atoms with Crippen LogP contribution in [0.4, 0.5) is 0 Å². The van der Waals surface area contributed by atoms with Gasteiger partial charge in [0.15, 0.2) is 0 Å². The Hall–Kier alpha value is 0.829. The predicted molar refractivity (Wildman–Crippen MR) is 43.0 cm³/mol. The zero-order chi connectivity index (χ0) is 8.91. The summed E-state index contributed by atoms with van der Waals surface area (Å²) in [6.07, 6.45) is -2.91. The van der Waals surface area contributed by atoms with Gasteiger partial charge in [0, 0.05) is 0 Å². The fourth-order valence-corrected chi connectivity index (χ4v) is 4.74. The standard InChI is InChI=1S/C6H13O3PSe/c1-5(2)6(3,4)9-10(7,11)8-5/h1-4H3,(H,7,11)/p-1. The van der Waals surface area contributed by atoms with Gasteiger partial charge in [-0.25, -0.2) is 0 Å². The molecule has 5 heteroatoms. The molecule has 0 aliphatic carbocycles. The Bertz CT molecular complexity index is 204. The first-order valence-electron chi connectivity index (χ1n) is 3.39. The molecule has 0 atom stereocenters. The van der Waals surface area contributed by atoms with Crippen LogP contribution in [-0.4, -0.2) is 26.3 Å². The van der Waals surface area contributed by atoms with Crippen molar-refractivity contribution < 1.29 is 13.9 Å². The van der Waals surface area contributed by atoms with E-state index >= 15 is 0 Å². The third-order valence-electron chi connectivity index (χ3n) is 2.13. The van der Waals surface area contributed by atoms with Crippen LogP contribution in [0.5, 0.6) is 0 Å². The minimum atomic E-state index is -2.91. The van der Waals surface area contributed by atoms with Crippen molar-refractivity contribution in [2.75, 3.05) is 0 Å². The van der Waals surface area contributed by atoms with Gasteiger partial charge in [0.2, 0.25) is 0 Å². The van der Waals surface area contributed by atoms with E-state index in [1.165, 1.54) is 0 Å². The number of hydrogen-bond acceptors (Lipinski definition) is 3. The van der Waals surface area contributed by atoms with Crippen molar-refractivity contribution in [3.05, 3.63) is 0 Å². The van der Waals surface area contributed by atoms with E-state index in [2.05, 4.69) is 15.1 Å². The van der Waals surface area contributed by atoms with Gasteiger partial charge in [0.25, 0.3) is 0 Å². The molecule has 3 nitrogen and oxygen atoms in total. The first-order valence-corrected chi connectivity index (χ1v) is 7.15. The van der Waals surface area contributed by atoms with Crippen LogP contribution in [0.3, 0.4) is 0 Å². The quantitative estimate of drug-likeness (QED) is 0.466. The van der Waals surface area contributed by atoms with E-state index in [1.807, 2.05) is 27.7 Å². The molecule has 11 heavy (non-hydrogen) atoms. The van der Waals surface area contributed by atoms with Gasteiger partial charge in [-0.1, -0.05) is 0 Å². The van der Waals surface area contributed by atoms with Crippen molar-refractivity contribution in [2.24, 2.45) is 0 Å². The molecule has 1 rings (SSSR count). The summed E-state index contributed by atoms with van der Waals surface area (Å²) in [6, 6.07) is 0. The molecule has 1 heterocycles. The van der Waals surface area contributed by atoms with Crippen LogP contribution in [0.25, 0.3) is 0 Å². The summed E-state index contributed by atoms with van der Waals surface area (Å²) in [5, 5.41) is 0. The Morgan fingerprint density at radius 3 is 1.45 bits per heavy atom. The molecule has 0 bridgehead atoms. The van der Waals surface area contributed by atoms with Crippen molar-refractivity contribution in [1.29, 1.82) is 0 Å². The first-order chi connectivity index (χ1) is 4.66. The van der Waals surface area contributed by atoms with E-state index in [9.17, 15) is 4.89 Å². The Balaban J connectivity index is 2.98. The van der Waals surface area contributed by atoms with E-state index < -0.39 is 17.4 Å². The molecular weight excluding hydrogens is 230 g/mol. The summed E-state index contributed by atoms with van der Waals surface area (Å²) in [5.41, 5.74) is -0.985. The predicted octanol–water partition coefficient (Wildman–Crippen LogP) is 0.797. The third-order valence-corrected chi connectivity index (χ3v) is 4.43. The normalized spacial score (nSPS) is 32.1. The first kappa shape index (κ1) is 9.91. The van der Waals surface area contributed by atoms with E-state index in [4.69, 9.17) is 9.05 Å². The molecule has 0 unspecified atom stereocenters. The van der Waals surface area contributed by atoms with Crippen molar-refractivity contribution in [3.63, 3.8) is 0 Å². The summed E-state index contributed by atoms with van der Waals surface area (Å²) in [7, 11) is 0. The second-order valence-electron chi connectivity index (χ2n) is 3.65. The fraction of sp³-hybridized carbons (Fsp3) is 1.00. The van der Waals surface area contributed by atoms with Crippen molar-refractivity contribution >= 4 is 21.3 Å². The van der Waals surface area contributed by atoms with Gasteiger partial charge in [-0.2, -0.15) is 0 Å². The molecule has 0 spiro atoms. The molecule has 1 fully saturated rings. The molecule has 1 aliphatic rings. The Labute approximate surface area is 74.6 Å². The van der Waals surface area contributed by atoms with Crippen LogP contribution in [0.1, 0.15) is 27.7 Å². The number of hydrogen-bond donors (Lipinski definition) is 0. The average Bonchev–Trinajstić information content (AvgIpc) is 1.66. The van der Waals surface area contributed by atoms with E-state index in [0.717, 1.165) is 0 Å². The molecule has 0 aromatic heterocycles. The molecule has 1 aliphatic heterocycles. The molecule has 0 amide bonds. The van der Waals surface area contributed by atoms with Gasteiger partial charge in [-0.15, -0.1) is 0 Å². The van der Waals surface area contributed by atoms with Gasteiger partial charge in [0.05, 0.1) is 0 Å². The van der Waals surface area contributed by atoms with Crippen molar-refractivity contribution in [2.45, 2.75) is 38.9 Å². The third kappa shape index (κ3) is 1.77. The molecule has 66 valence electrons. The van der Waals surface area contributed by atoms with Crippen LogP contribution in [-0.2, 0) is 9.05 Å². The van der Waals surface area contributed by atoms with Gasteiger partial charge in [0.1, 0.15) is 0 Å². The Morgan fingerprint density at radius 2 is 1.36 bits per heavy atom. The fourth-order valence-electron chi connectivity index (χ4n) is 0.797. The van der Waals surface area contributed by atoms with E-state index in [-0.39, 0.29) is 0 Å². The SMILES string of the molecule is CC1(C)OP([O-])(=[Se])OC1(C)C. The van der Waals surface area contributed by atoms with Gasteiger partial charge >= 0.3 is 74.1 Å². The second kappa shape index (κ2) is 2.41. The maximum absolute atomic E-state index is 11.3.